The lowest BCUT2D eigenvalue weighted by Gasteiger charge is -2.31. The molecule has 3 N–H and O–H groups in total. The molecule has 0 saturated heterocycles. The van der Waals surface area contributed by atoms with Crippen molar-refractivity contribution >= 4 is 29.1 Å². The fourth-order valence-electron chi connectivity index (χ4n) is 3.23. The van der Waals surface area contributed by atoms with Crippen molar-refractivity contribution in [3.05, 3.63) is 29.3 Å². The Labute approximate surface area is 155 Å². The van der Waals surface area contributed by atoms with E-state index in [1.165, 1.54) is 19.3 Å². The molecule has 138 valence electrons. The quantitative estimate of drug-likeness (QED) is 0.719. The Balaban J connectivity index is 1.84. The van der Waals surface area contributed by atoms with E-state index in [9.17, 15) is 9.59 Å². The Morgan fingerprint density at radius 3 is 2.64 bits per heavy atom. The van der Waals surface area contributed by atoms with Crippen LogP contribution < -0.4 is 15.5 Å². The Morgan fingerprint density at radius 1 is 1.28 bits per heavy atom. The van der Waals surface area contributed by atoms with E-state index >= 15 is 0 Å². The first-order valence-corrected chi connectivity index (χ1v) is 9.43. The molecular formula is C19H29ClN3O2+. The van der Waals surface area contributed by atoms with Gasteiger partial charge in [-0.2, -0.15) is 0 Å². The SMILES string of the molecule is C[C@H](C(=O)N[C@@H]1CCCC[C@@H]1C)[NH+](C)CC(=O)Nc1ccccc1Cl. The van der Waals surface area contributed by atoms with Crippen LogP contribution in [0.15, 0.2) is 24.3 Å². The molecule has 2 rings (SSSR count). The van der Waals surface area contributed by atoms with Crippen LogP contribution in [0.2, 0.25) is 5.02 Å². The number of rotatable bonds is 6. The molecule has 5 nitrogen and oxygen atoms in total. The van der Waals surface area contributed by atoms with Gasteiger partial charge in [0.2, 0.25) is 0 Å². The minimum atomic E-state index is -0.286. The number of carbonyl (C=O) groups is 2. The predicted octanol–water partition coefficient (Wildman–Crippen LogP) is 1.88. The fourth-order valence-corrected chi connectivity index (χ4v) is 3.41. The molecule has 1 aromatic rings. The van der Waals surface area contributed by atoms with Gasteiger partial charge in [-0.15, -0.1) is 0 Å². The second-order valence-corrected chi connectivity index (χ2v) is 7.56. The van der Waals surface area contributed by atoms with Crippen molar-refractivity contribution in [3.8, 4) is 0 Å². The summed E-state index contributed by atoms with van der Waals surface area (Å²) in [4.78, 5) is 25.6. The molecule has 0 bridgehead atoms. The number of hydrogen-bond acceptors (Lipinski definition) is 2. The molecule has 1 aromatic carbocycles. The van der Waals surface area contributed by atoms with Gasteiger partial charge in [-0.3, -0.25) is 9.59 Å². The summed E-state index contributed by atoms with van der Waals surface area (Å²) in [6.45, 7) is 4.27. The molecule has 6 heteroatoms. The lowest BCUT2D eigenvalue weighted by atomic mass is 9.86. The summed E-state index contributed by atoms with van der Waals surface area (Å²) in [6.07, 6.45) is 4.64. The third-order valence-corrected chi connectivity index (χ3v) is 5.49. The molecule has 0 spiro atoms. The molecule has 0 radical (unpaired) electrons. The number of quaternary nitrogens is 1. The van der Waals surface area contributed by atoms with Gasteiger partial charge in [-0.1, -0.05) is 43.5 Å². The lowest BCUT2D eigenvalue weighted by molar-refractivity contribution is -0.885. The average Bonchev–Trinajstić information content (AvgIpc) is 2.58. The second kappa shape index (κ2) is 9.20. The number of halogens is 1. The molecule has 1 fully saturated rings. The van der Waals surface area contributed by atoms with Gasteiger partial charge in [0.15, 0.2) is 12.6 Å². The van der Waals surface area contributed by atoms with E-state index in [0.717, 1.165) is 11.3 Å². The minimum Gasteiger partial charge on any atom is -0.348 e. The zero-order valence-corrected chi connectivity index (χ0v) is 16.0. The summed E-state index contributed by atoms with van der Waals surface area (Å²) in [7, 11) is 1.86. The minimum absolute atomic E-state index is 0.0155. The Morgan fingerprint density at radius 2 is 1.96 bits per heavy atom. The number of benzene rings is 1. The first-order chi connectivity index (χ1) is 11.9. The van der Waals surface area contributed by atoms with E-state index in [4.69, 9.17) is 11.6 Å². The highest BCUT2D eigenvalue weighted by Crippen LogP contribution is 2.23. The van der Waals surface area contributed by atoms with E-state index in [1.807, 2.05) is 26.1 Å². The monoisotopic (exact) mass is 366 g/mol. The lowest BCUT2D eigenvalue weighted by Crippen LogP contribution is -3.15. The number of amides is 2. The van der Waals surface area contributed by atoms with Crippen molar-refractivity contribution < 1.29 is 14.5 Å². The molecule has 2 amide bonds. The van der Waals surface area contributed by atoms with Crippen LogP contribution in [-0.4, -0.2) is 37.5 Å². The summed E-state index contributed by atoms with van der Waals surface area (Å²) in [5.41, 5.74) is 0.593. The second-order valence-electron chi connectivity index (χ2n) is 7.15. The highest BCUT2D eigenvalue weighted by molar-refractivity contribution is 6.33. The highest BCUT2D eigenvalue weighted by atomic mass is 35.5. The molecule has 0 aliphatic heterocycles. The number of anilines is 1. The Bertz CT molecular complexity index is 608. The number of carbonyl (C=O) groups excluding carboxylic acids is 2. The van der Waals surface area contributed by atoms with Gasteiger partial charge in [-0.05, 0) is 37.8 Å². The van der Waals surface area contributed by atoms with Crippen LogP contribution in [0.3, 0.4) is 0 Å². The van der Waals surface area contributed by atoms with Crippen molar-refractivity contribution in [1.82, 2.24) is 5.32 Å². The zero-order chi connectivity index (χ0) is 18.4. The Kier molecular flexibility index (Phi) is 7.26. The summed E-state index contributed by atoms with van der Waals surface area (Å²) < 4.78 is 0. The van der Waals surface area contributed by atoms with Crippen LogP contribution in [-0.2, 0) is 9.59 Å². The molecule has 25 heavy (non-hydrogen) atoms. The van der Waals surface area contributed by atoms with Crippen molar-refractivity contribution in [1.29, 1.82) is 0 Å². The van der Waals surface area contributed by atoms with E-state index in [2.05, 4.69) is 17.6 Å². The largest absolute Gasteiger partial charge is 0.348 e. The van der Waals surface area contributed by atoms with Gasteiger partial charge in [0, 0.05) is 6.04 Å². The third-order valence-electron chi connectivity index (χ3n) is 5.16. The molecule has 0 heterocycles. The summed E-state index contributed by atoms with van der Waals surface area (Å²) >= 11 is 6.05. The van der Waals surface area contributed by atoms with E-state index in [-0.39, 0.29) is 30.4 Å². The van der Waals surface area contributed by atoms with Crippen molar-refractivity contribution in [2.75, 3.05) is 18.9 Å². The van der Waals surface area contributed by atoms with Gasteiger partial charge in [0.25, 0.3) is 11.8 Å². The van der Waals surface area contributed by atoms with Crippen LogP contribution in [0.1, 0.15) is 39.5 Å². The van der Waals surface area contributed by atoms with Crippen LogP contribution in [0.4, 0.5) is 5.69 Å². The molecule has 1 saturated carbocycles. The molecule has 1 unspecified atom stereocenters. The first kappa shape index (κ1) is 19.7. The maximum Gasteiger partial charge on any atom is 0.279 e. The van der Waals surface area contributed by atoms with Crippen molar-refractivity contribution in [2.24, 2.45) is 5.92 Å². The molecule has 1 aliphatic carbocycles. The van der Waals surface area contributed by atoms with Gasteiger partial charge >= 0.3 is 0 Å². The summed E-state index contributed by atoms with van der Waals surface area (Å²) in [5, 5.41) is 6.47. The standard InChI is InChI=1S/C19H28ClN3O2/c1-13-8-4-6-10-16(13)22-19(25)14(2)23(3)12-18(24)21-17-11-7-5-9-15(17)20/h5,7,9,11,13-14,16H,4,6,8,10,12H2,1-3H3,(H,21,24)(H,22,25)/p+1/t13-,14+,16+/m0/s1. The first-order valence-electron chi connectivity index (χ1n) is 9.05. The molecule has 4 atom stereocenters. The smallest absolute Gasteiger partial charge is 0.279 e. The van der Waals surface area contributed by atoms with Crippen LogP contribution in [0.25, 0.3) is 0 Å². The maximum absolute atomic E-state index is 12.5. The van der Waals surface area contributed by atoms with E-state index in [0.29, 0.717) is 16.6 Å². The predicted molar refractivity (Wildman–Crippen MR) is 101 cm³/mol. The molecule has 0 aromatic heterocycles. The topological polar surface area (TPSA) is 62.6 Å². The fraction of sp³-hybridized carbons (Fsp3) is 0.579. The van der Waals surface area contributed by atoms with Crippen LogP contribution in [0, 0.1) is 5.92 Å². The van der Waals surface area contributed by atoms with E-state index < -0.39 is 0 Å². The van der Waals surface area contributed by atoms with Gasteiger partial charge in [0.1, 0.15) is 0 Å². The number of nitrogens with one attached hydrogen (secondary N) is 3. The number of para-hydroxylation sites is 1. The van der Waals surface area contributed by atoms with Crippen LogP contribution >= 0.6 is 11.6 Å². The highest BCUT2D eigenvalue weighted by Gasteiger charge is 2.29. The number of likely N-dealkylation sites (N-methyl/N-ethyl adjacent to an activating group) is 1. The molecular weight excluding hydrogens is 338 g/mol. The summed E-state index contributed by atoms with van der Waals surface area (Å²) in [5.74, 6) is 0.381. The molecule has 1 aliphatic rings. The maximum atomic E-state index is 12.5. The van der Waals surface area contributed by atoms with Gasteiger partial charge < -0.3 is 15.5 Å². The number of hydrogen-bond donors (Lipinski definition) is 3. The van der Waals surface area contributed by atoms with Gasteiger partial charge in [0.05, 0.1) is 17.8 Å². The Hall–Kier alpha value is -1.59. The zero-order valence-electron chi connectivity index (χ0n) is 15.3. The van der Waals surface area contributed by atoms with Crippen LogP contribution in [0.5, 0.6) is 0 Å². The van der Waals surface area contributed by atoms with Crippen molar-refractivity contribution in [3.63, 3.8) is 0 Å². The average molecular weight is 367 g/mol. The van der Waals surface area contributed by atoms with Gasteiger partial charge in [-0.25, -0.2) is 0 Å². The summed E-state index contributed by atoms with van der Waals surface area (Å²) in [6, 6.07) is 7.10. The van der Waals surface area contributed by atoms with E-state index in [1.54, 1.807) is 12.1 Å². The van der Waals surface area contributed by atoms with Crippen molar-refractivity contribution in [2.45, 2.75) is 51.6 Å². The third kappa shape index (κ3) is 5.72. The normalized spacial score (nSPS) is 22.7.